The predicted octanol–water partition coefficient (Wildman–Crippen LogP) is 2.86. The maximum absolute atomic E-state index is 5.63. The normalized spacial score (nSPS) is 16.6. The molecule has 21 heavy (non-hydrogen) atoms. The smallest absolute Gasteiger partial charge is 0.323 e. The largest absolute Gasteiger partial charge is 0.461 e. The second-order valence-electron chi connectivity index (χ2n) is 5.91. The van der Waals surface area contributed by atoms with Crippen molar-refractivity contribution >= 4 is 11.9 Å². The van der Waals surface area contributed by atoms with Crippen LogP contribution in [0.3, 0.4) is 0 Å². The highest BCUT2D eigenvalue weighted by molar-refractivity contribution is 5.38. The van der Waals surface area contributed by atoms with Crippen molar-refractivity contribution in [2.45, 2.75) is 64.5 Å². The lowest BCUT2D eigenvalue weighted by molar-refractivity contribution is 0.222. The minimum absolute atomic E-state index is 0.0492. The van der Waals surface area contributed by atoms with Crippen LogP contribution in [-0.2, 0) is 0 Å². The molecule has 0 aliphatic heterocycles. The Balaban J connectivity index is 2.19. The molecule has 0 saturated heterocycles. The number of hydrogen-bond donors (Lipinski definition) is 1. The fourth-order valence-electron chi connectivity index (χ4n) is 2.69. The summed E-state index contributed by atoms with van der Waals surface area (Å²) in [5.41, 5.74) is 0. The molecule has 1 heterocycles. The van der Waals surface area contributed by atoms with Crippen LogP contribution in [0.15, 0.2) is 0 Å². The molecule has 0 atom stereocenters. The lowest BCUT2D eigenvalue weighted by atomic mass is 10.1. The molecule has 0 bridgehead atoms. The zero-order chi connectivity index (χ0) is 15.2. The van der Waals surface area contributed by atoms with Crippen molar-refractivity contribution < 1.29 is 4.74 Å². The van der Waals surface area contributed by atoms with Crippen LogP contribution in [0, 0.1) is 0 Å². The summed E-state index contributed by atoms with van der Waals surface area (Å²) in [5, 5.41) is 2.98. The molecular formula is C15H27N5O. The second-order valence-corrected chi connectivity index (χ2v) is 5.91. The van der Waals surface area contributed by atoms with Crippen molar-refractivity contribution in [2.75, 3.05) is 24.3 Å². The van der Waals surface area contributed by atoms with Gasteiger partial charge in [-0.15, -0.1) is 0 Å². The Morgan fingerprint density at radius 3 is 2.33 bits per heavy atom. The van der Waals surface area contributed by atoms with Gasteiger partial charge in [0, 0.05) is 20.1 Å². The minimum atomic E-state index is 0.0492. The maximum atomic E-state index is 5.63. The molecule has 1 fully saturated rings. The van der Waals surface area contributed by atoms with Gasteiger partial charge in [-0.05, 0) is 26.7 Å². The van der Waals surface area contributed by atoms with E-state index in [1.807, 2.05) is 20.9 Å². The molecule has 118 valence electrons. The third-order valence-corrected chi connectivity index (χ3v) is 3.86. The summed E-state index contributed by atoms with van der Waals surface area (Å²) in [7, 11) is 3.88. The van der Waals surface area contributed by atoms with Crippen molar-refractivity contribution in [3.63, 3.8) is 0 Å². The molecule has 1 aromatic rings. The topological polar surface area (TPSA) is 63.2 Å². The van der Waals surface area contributed by atoms with Crippen LogP contribution in [0.1, 0.15) is 52.4 Å². The van der Waals surface area contributed by atoms with Crippen LogP contribution in [-0.4, -0.2) is 41.2 Å². The molecule has 2 rings (SSSR count). The van der Waals surface area contributed by atoms with E-state index in [1.54, 1.807) is 0 Å². The summed E-state index contributed by atoms with van der Waals surface area (Å²) in [5.74, 6) is 1.24. The third kappa shape index (κ3) is 4.44. The van der Waals surface area contributed by atoms with Gasteiger partial charge in [0.25, 0.3) is 0 Å². The number of nitrogens with zero attached hydrogens (tertiary/aromatic N) is 4. The van der Waals surface area contributed by atoms with E-state index in [0.29, 0.717) is 23.9 Å². The summed E-state index contributed by atoms with van der Waals surface area (Å²) >= 11 is 0. The van der Waals surface area contributed by atoms with E-state index < -0.39 is 0 Å². The number of nitrogens with one attached hydrogen (secondary N) is 1. The van der Waals surface area contributed by atoms with Gasteiger partial charge < -0.3 is 15.0 Å². The maximum Gasteiger partial charge on any atom is 0.323 e. The van der Waals surface area contributed by atoms with Crippen molar-refractivity contribution in [2.24, 2.45) is 0 Å². The quantitative estimate of drug-likeness (QED) is 0.842. The summed E-state index contributed by atoms with van der Waals surface area (Å²) < 4.78 is 5.63. The van der Waals surface area contributed by atoms with Crippen LogP contribution in [0.2, 0.25) is 0 Å². The van der Waals surface area contributed by atoms with E-state index in [4.69, 9.17) is 4.74 Å². The van der Waals surface area contributed by atoms with Gasteiger partial charge in [0.15, 0.2) is 0 Å². The number of hydrogen-bond acceptors (Lipinski definition) is 6. The number of ether oxygens (including phenoxy) is 1. The Morgan fingerprint density at radius 2 is 1.76 bits per heavy atom. The Bertz CT molecular complexity index is 444. The van der Waals surface area contributed by atoms with Crippen molar-refractivity contribution in [3.05, 3.63) is 0 Å². The fraction of sp³-hybridized carbons (Fsp3) is 0.800. The van der Waals surface area contributed by atoms with Gasteiger partial charge in [0.2, 0.25) is 11.9 Å². The van der Waals surface area contributed by atoms with Crippen LogP contribution < -0.4 is 15.0 Å². The van der Waals surface area contributed by atoms with Gasteiger partial charge in [-0.25, -0.2) is 0 Å². The summed E-state index contributed by atoms with van der Waals surface area (Å²) in [6.07, 6.45) is 7.71. The highest BCUT2D eigenvalue weighted by atomic mass is 16.5. The van der Waals surface area contributed by atoms with Crippen LogP contribution >= 0.6 is 0 Å². The first kappa shape index (κ1) is 15.8. The number of rotatable bonds is 5. The molecule has 0 amide bonds. The van der Waals surface area contributed by atoms with E-state index >= 15 is 0 Å². The Kier molecular flexibility index (Phi) is 5.59. The molecule has 0 aromatic carbocycles. The third-order valence-electron chi connectivity index (χ3n) is 3.86. The first-order valence-electron chi connectivity index (χ1n) is 7.93. The lowest BCUT2D eigenvalue weighted by Gasteiger charge is -2.27. The second kappa shape index (κ2) is 7.43. The summed E-state index contributed by atoms with van der Waals surface area (Å²) in [6.45, 7) is 3.94. The van der Waals surface area contributed by atoms with E-state index in [-0.39, 0.29) is 6.10 Å². The first-order valence-corrected chi connectivity index (χ1v) is 7.93. The minimum Gasteiger partial charge on any atom is -0.461 e. The SMILES string of the molecule is CNc1nc(OC(C)C)nc(N(C)C2CCCCCC2)n1. The molecule has 1 N–H and O–H groups in total. The Morgan fingerprint density at radius 1 is 1.10 bits per heavy atom. The fourth-order valence-corrected chi connectivity index (χ4v) is 2.69. The molecule has 1 aliphatic rings. The van der Waals surface area contributed by atoms with E-state index in [0.717, 1.165) is 0 Å². The Labute approximate surface area is 127 Å². The highest BCUT2D eigenvalue weighted by Gasteiger charge is 2.21. The highest BCUT2D eigenvalue weighted by Crippen LogP contribution is 2.24. The summed E-state index contributed by atoms with van der Waals surface area (Å²) in [6, 6.07) is 0.895. The van der Waals surface area contributed by atoms with Crippen LogP contribution in [0.25, 0.3) is 0 Å². The molecule has 1 saturated carbocycles. The summed E-state index contributed by atoms with van der Waals surface area (Å²) in [4.78, 5) is 15.4. The zero-order valence-corrected chi connectivity index (χ0v) is 13.6. The number of anilines is 2. The standard InChI is InChI=1S/C15H27N5O/c1-11(2)21-15-18-13(16-3)17-14(19-15)20(4)12-9-7-5-6-8-10-12/h11-12H,5-10H2,1-4H3,(H,16,17,18,19). The number of aromatic nitrogens is 3. The molecule has 6 nitrogen and oxygen atoms in total. The molecule has 6 heteroatoms. The van der Waals surface area contributed by atoms with Gasteiger partial charge in [-0.1, -0.05) is 25.7 Å². The van der Waals surface area contributed by atoms with Crippen LogP contribution in [0.5, 0.6) is 6.01 Å². The Hall–Kier alpha value is -1.59. The molecule has 0 unspecified atom stereocenters. The van der Waals surface area contributed by atoms with Gasteiger partial charge in [-0.3, -0.25) is 0 Å². The molecule has 1 aromatic heterocycles. The van der Waals surface area contributed by atoms with E-state index in [9.17, 15) is 0 Å². The van der Waals surface area contributed by atoms with Crippen molar-refractivity contribution in [1.29, 1.82) is 0 Å². The van der Waals surface area contributed by atoms with Crippen molar-refractivity contribution in [3.8, 4) is 6.01 Å². The molecular weight excluding hydrogens is 266 g/mol. The first-order chi connectivity index (χ1) is 10.1. The molecule has 0 spiro atoms. The molecule has 0 radical (unpaired) electrons. The van der Waals surface area contributed by atoms with Gasteiger partial charge >= 0.3 is 6.01 Å². The van der Waals surface area contributed by atoms with Crippen LogP contribution in [0.4, 0.5) is 11.9 Å². The average molecular weight is 293 g/mol. The zero-order valence-electron chi connectivity index (χ0n) is 13.6. The van der Waals surface area contributed by atoms with Gasteiger partial charge in [0.1, 0.15) is 0 Å². The lowest BCUT2D eigenvalue weighted by Crippen LogP contribution is -2.33. The van der Waals surface area contributed by atoms with E-state index in [2.05, 4.69) is 32.2 Å². The van der Waals surface area contributed by atoms with Gasteiger partial charge in [-0.2, -0.15) is 15.0 Å². The van der Waals surface area contributed by atoms with E-state index in [1.165, 1.54) is 38.5 Å². The average Bonchev–Trinajstić information content (AvgIpc) is 2.74. The molecule has 1 aliphatic carbocycles. The van der Waals surface area contributed by atoms with Crippen molar-refractivity contribution in [1.82, 2.24) is 15.0 Å². The van der Waals surface area contributed by atoms with Gasteiger partial charge in [0.05, 0.1) is 6.10 Å². The predicted molar refractivity (Wildman–Crippen MR) is 85.0 cm³/mol. The monoisotopic (exact) mass is 293 g/mol.